The number of nitrogens with zero attached hydrogens (tertiary/aromatic N) is 2. The highest BCUT2D eigenvalue weighted by atomic mass is 19.4. The standard InChI is InChI=1S/C66H83F6N19O27/c67-65(68,69)34-16-31(44-23-81-91-90-44)17-35(66(70,71)72)33(34)11-12-45(93)75-24-46(94)76-25-47(95)77-26-48(96)78-27-49(97)79-28-50(98)80-29-51(99)82-39(18-52(100)101)59(112)85-38(15-30-7-9-32(92)10-8-30)58(111)83-36(5-1-3-13-73)57(110)86-41(20-54(104)105)61(114)88-43(22-56(108)109)63(116)89-42(21-55(106)107)62(115)87-40(19-53(102)103)60(113)84-37(64(117)118)6-2-4-14-74/h7-12,16-17,23,36-43,92H,1-6,13-15,18-22,24-29,73-74H2,(H,75,93)(H,76,94)(H,77,95)(H,78,96)(H,79,97)(H,80,98)(H,82,99)(H,83,111)(H,84,113)(H,85,112)(H,86,110)(H,87,115)(H,88,114)(H,89,116)(H,100,101)(H,102,103)(H,104,105)(H,106,107)(H,108,109)(H,117,118)(H,81,90,91)/b12-11+/t36-,37-,38-,39-,40-,41-,42-,43-/m0/s1. The van der Waals surface area contributed by atoms with Crippen LogP contribution in [0, 0.1) is 0 Å². The predicted octanol–water partition coefficient (Wildman–Crippen LogP) is -7.24. The highest BCUT2D eigenvalue weighted by Crippen LogP contribution is 2.42. The molecular formula is C66H83F6N19O27. The number of nitrogens with one attached hydrogen (secondary N) is 15. The van der Waals surface area contributed by atoms with Gasteiger partial charge in [0.05, 0.1) is 82.5 Å². The summed E-state index contributed by atoms with van der Waals surface area (Å²) in [5.74, 6) is -29.5. The van der Waals surface area contributed by atoms with Gasteiger partial charge in [0.1, 0.15) is 59.8 Å². The van der Waals surface area contributed by atoms with E-state index in [1.807, 2.05) is 63.8 Å². The van der Waals surface area contributed by atoms with E-state index in [-0.39, 0.29) is 67.9 Å². The van der Waals surface area contributed by atoms with E-state index in [2.05, 4.69) is 26.0 Å². The summed E-state index contributed by atoms with van der Waals surface area (Å²) in [7, 11) is 0. The molecule has 26 N–H and O–H groups in total. The van der Waals surface area contributed by atoms with Crippen LogP contribution >= 0.6 is 0 Å². The average Bonchev–Trinajstić information content (AvgIpc) is 0.916. The van der Waals surface area contributed by atoms with E-state index in [0.717, 1.165) is 18.3 Å². The Labute approximate surface area is 660 Å². The molecule has 118 heavy (non-hydrogen) atoms. The molecule has 0 unspecified atom stereocenters. The van der Waals surface area contributed by atoms with Crippen LogP contribution in [0.4, 0.5) is 26.3 Å². The third-order valence-electron chi connectivity index (χ3n) is 15.8. The third kappa shape index (κ3) is 36.9. The number of amides is 14. The van der Waals surface area contributed by atoms with Crippen molar-refractivity contribution >= 4 is 125 Å². The number of aromatic nitrogens is 3. The number of aliphatic carboxylic acids is 6. The lowest BCUT2D eigenvalue weighted by atomic mass is 9.95. The molecule has 46 nitrogen and oxygen atoms in total. The molecule has 3 aromatic rings. The molecule has 646 valence electrons. The summed E-state index contributed by atoms with van der Waals surface area (Å²) < 4.78 is 83.9. The van der Waals surface area contributed by atoms with Crippen LogP contribution in [0.25, 0.3) is 17.3 Å². The Morgan fingerprint density at radius 3 is 1.06 bits per heavy atom. The second-order valence-electron chi connectivity index (χ2n) is 25.1. The van der Waals surface area contributed by atoms with Crippen LogP contribution in [0.15, 0.2) is 48.7 Å². The minimum Gasteiger partial charge on any atom is -0.508 e. The topological polar surface area (TPSA) is 745 Å². The SMILES string of the molecule is NCCCC[C@H](NC(=O)[C@H](CC(=O)O)NC(=O)[C@H](CC(=O)O)NC(=O)[C@H](CC(=O)O)NC(=O)[C@H](CC(=O)O)NC(=O)[C@H](CCCCN)NC(=O)[C@H](Cc1ccc(O)cc1)NC(=O)[C@H](CC(=O)O)NC(=O)CNC(=O)CNC(=O)CNC(=O)CNC(=O)CNC(=O)CNC(=O)/C=C/c1c(C(F)(F)F)cc(-c2c[nH]nn2)cc1C(F)(F)F)C(=O)O. The molecule has 0 bridgehead atoms. The number of rotatable bonds is 51. The van der Waals surface area contributed by atoms with E-state index in [9.17, 15) is 158 Å². The smallest absolute Gasteiger partial charge is 0.417 e. The minimum atomic E-state index is -5.37. The van der Waals surface area contributed by atoms with Crippen LogP contribution in [0.2, 0.25) is 0 Å². The molecule has 3 rings (SSSR count). The van der Waals surface area contributed by atoms with E-state index >= 15 is 0 Å². The number of benzene rings is 2. The summed E-state index contributed by atoms with van der Waals surface area (Å²) in [5.41, 5.74) is 5.20. The summed E-state index contributed by atoms with van der Waals surface area (Å²) in [6, 6.07) is -11.3. The molecule has 0 saturated carbocycles. The van der Waals surface area contributed by atoms with Crippen LogP contribution in [0.5, 0.6) is 5.75 Å². The van der Waals surface area contributed by atoms with Gasteiger partial charge in [-0.05, 0) is 93.1 Å². The lowest BCUT2D eigenvalue weighted by Crippen LogP contribution is -2.61. The molecule has 14 amide bonds. The molecule has 0 fully saturated rings. The number of phenolic OH excluding ortho intramolecular Hbond substituents is 1. The number of aromatic hydroxyl groups is 1. The Balaban J connectivity index is 1.67. The van der Waals surface area contributed by atoms with Crippen molar-refractivity contribution in [3.8, 4) is 17.0 Å². The number of alkyl halides is 6. The number of aromatic amines is 1. The molecule has 0 aliphatic carbocycles. The highest BCUT2D eigenvalue weighted by Gasteiger charge is 2.42. The number of hydrogen-bond acceptors (Lipinski definition) is 25. The van der Waals surface area contributed by atoms with Crippen LogP contribution in [0.3, 0.4) is 0 Å². The zero-order valence-electron chi connectivity index (χ0n) is 61.6. The maximum Gasteiger partial charge on any atom is 0.417 e. The van der Waals surface area contributed by atoms with Gasteiger partial charge in [-0.25, -0.2) is 4.79 Å². The summed E-state index contributed by atoms with van der Waals surface area (Å²) >= 11 is 0. The van der Waals surface area contributed by atoms with Gasteiger partial charge < -0.3 is 122 Å². The first-order chi connectivity index (χ1) is 55.3. The molecule has 0 aliphatic rings. The minimum absolute atomic E-state index is 0.0373. The zero-order valence-corrected chi connectivity index (χ0v) is 61.6. The Hall–Kier alpha value is -14.0. The van der Waals surface area contributed by atoms with Crippen molar-refractivity contribution in [3.05, 3.63) is 70.9 Å². The molecule has 1 heterocycles. The van der Waals surface area contributed by atoms with Crippen LogP contribution in [-0.2, 0) is 115 Å². The van der Waals surface area contributed by atoms with Crippen molar-refractivity contribution in [2.24, 2.45) is 11.5 Å². The van der Waals surface area contributed by atoms with E-state index in [0.29, 0.717) is 18.6 Å². The predicted molar refractivity (Wildman–Crippen MR) is 381 cm³/mol. The summed E-state index contributed by atoms with van der Waals surface area (Å²) in [4.78, 5) is 256. The van der Waals surface area contributed by atoms with Gasteiger partial charge >= 0.3 is 48.2 Å². The number of halogens is 6. The van der Waals surface area contributed by atoms with Gasteiger partial charge in [0.2, 0.25) is 82.7 Å². The molecule has 0 spiro atoms. The Kier molecular flexibility index (Phi) is 40.2. The number of hydrogen-bond donors (Lipinski definition) is 24. The third-order valence-corrected chi connectivity index (χ3v) is 15.8. The van der Waals surface area contributed by atoms with Crippen molar-refractivity contribution in [1.29, 1.82) is 0 Å². The fourth-order valence-electron chi connectivity index (χ4n) is 10.0. The first kappa shape index (κ1) is 98.2. The van der Waals surface area contributed by atoms with Gasteiger partial charge in [0.15, 0.2) is 0 Å². The van der Waals surface area contributed by atoms with Crippen LogP contribution in [-0.4, -0.2) is 270 Å². The van der Waals surface area contributed by atoms with Crippen molar-refractivity contribution in [1.82, 2.24) is 89.8 Å². The molecule has 0 saturated heterocycles. The molecule has 2 aromatic carbocycles. The highest BCUT2D eigenvalue weighted by molar-refractivity contribution is 6.02. The van der Waals surface area contributed by atoms with Gasteiger partial charge in [-0.3, -0.25) is 96.2 Å². The van der Waals surface area contributed by atoms with Crippen molar-refractivity contribution in [3.63, 3.8) is 0 Å². The van der Waals surface area contributed by atoms with Gasteiger partial charge in [-0.1, -0.05) is 17.3 Å². The number of carbonyl (C=O) groups is 20. The largest absolute Gasteiger partial charge is 0.508 e. The summed E-state index contributed by atoms with van der Waals surface area (Å²) in [6.45, 7) is -5.38. The Morgan fingerprint density at radius 2 is 0.720 bits per heavy atom. The number of carboxylic acid groups (broad SMARTS) is 6. The van der Waals surface area contributed by atoms with E-state index in [4.69, 9.17) is 11.5 Å². The van der Waals surface area contributed by atoms with E-state index in [1.54, 1.807) is 0 Å². The maximum atomic E-state index is 14.4. The summed E-state index contributed by atoms with van der Waals surface area (Å²) in [6.07, 6.45) is -16.7. The first-order valence-electron chi connectivity index (χ1n) is 34.7. The molecule has 0 radical (unpaired) electrons. The fourth-order valence-corrected chi connectivity index (χ4v) is 10.0. The Bertz CT molecular complexity index is 4160. The molecule has 1 aromatic heterocycles. The van der Waals surface area contributed by atoms with Crippen LogP contribution < -0.4 is 85.9 Å². The molecule has 8 atom stereocenters. The fraction of sp³-hybridized carbons (Fsp3) is 0.455. The second-order valence-corrected chi connectivity index (χ2v) is 25.1. The van der Waals surface area contributed by atoms with Gasteiger partial charge in [0, 0.05) is 24.3 Å². The first-order valence-corrected chi connectivity index (χ1v) is 34.7. The second kappa shape index (κ2) is 48.3. The van der Waals surface area contributed by atoms with E-state index in [1.165, 1.54) is 12.1 Å². The van der Waals surface area contributed by atoms with Crippen molar-refractivity contribution in [2.45, 2.75) is 138 Å². The molecular weight excluding hydrogens is 1600 g/mol. The quantitative estimate of drug-likeness (QED) is 0.0142. The molecule has 52 heteroatoms. The number of carbonyl (C=O) groups excluding carboxylic acids is 14. The monoisotopic (exact) mass is 1690 g/mol. The number of H-pyrrole nitrogens is 1. The normalized spacial score (nSPS) is 13.2. The molecule has 0 aliphatic heterocycles. The van der Waals surface area contributed by atoms with Gasteiger partial charge in [-0.15, -0.1) is 5.10 Å². The van der Waals surface area contributed by atoms with E-state index < -0.39 is 286 Å². The summed E-state index contributed by atoms with van der Waals surface area (Å²) in [5, 5.41) is 105. The number of carboxylic acids is 6. The Morgan fingerprint density at radius 1 is 0.407 bits per heavy atom. The van der Waals surface area contributed by atoms with Crippen molar-refractivity contribution in [2.75, 3.05) is 52.4 Å². The maximum absolute atomic E-state index is 14.4. The van der Waals surface area contributed by atoms with Gasteiger partial charge in [-0.2, -0.15) is 26.3 Å². The lowest BCUT2D eigenvalue weighted by molar-refractivity contribution is -0.145. The van der Waals surface area contributed by atoms with Crippen LogP contribution in [0.1, 0.15) is 92.9 Å². The number of unbranched alkanes of at least 4 members (excludes halogenated alkanes) is 2. The lowest BCUT2D eigenvalue weighted by Gasteiger charge is -2.27. The average molecular weight is 1690 g/mol. The van der Waals surface area contributed by atoms with Crippen molar-refractivity contribution < 1.29 is 158 Å². The van der Waals surface area contributed by atoms with Gasteiger partial charge in [0.25, 0.3) is 0 Å². The number of nitrogens with two attached hydrogens (primary N) is 2. The number of phenols is 1. The zero-order chi connectivity index (χ0) is 88.7.